The lowest BCUT2D eigenvalue weighted by molar-refractivity contribution is 0.120. The summed E-state index contributed by atoms with van der Waals surface area (Å²) in [6.45, 7) is 10.8. The van der Waals surface area contributed by atoms with Crippen molar-refractivity contribution in [1.29, 1.82) is 0 Å². The van der Waals surface area contributed by atoms with Crippen molar-refractivity contribution < 1.29 is 45.8 Å². The molecule has 0 spiro atoms. The van der Waals surface area contributed by atoms with Gasteiger partial charge in [0.15, 0.2) is 39.4 Å². The fourth-order valence-corrected chi connectivity index (χ4v) is 19.8. The summed E-state index contributed by atoms with van der Waals surface area (Å²) >= 11 is 6.91. The predicted molar refractivity (Wildman–Crippen MR) is 484 cm³/mol. The number of anilines is 6. The number of piperidine rings is 4. The van der Waals surface area contributed by atoms with E-state index in [1.54, 1.807) is 14.2 Å². The van der Waals surface area contributed by atoms with E-state index >= 15 is 0 Å². The van der Waals surface area contributed by atoms with Crippen LogP contribution >= 0.6 is 56.7 Å². The van der Waals surface area contributed by atoms with Crippen LogP contribution in [0.4, 0.5) is 35.8 Å². The molecule has 0 aliphatic carbocycles. The second-order valence-electron chi connectivity index (χ2n) is 30.0. The number of morpholine rings is 1. The number of ether oxygens (including phenoxy) is 5. The smallest absolute Gasteiger partial charge is 0.301 e. The molecule has 0 amide bonds. The Kier molecular flexibility index (Phi) is 25.3. The third-order valence-corrected chi connectivity index (χ3v) is 26.6. The molecule has 0 N–H and O–H groups in total. The number of fused-ring (bicyclic) bond motifs is 6. The van der Waals surface area contributed by atoms with E-state index in [2.05, 4.69) is 73.7 Å². The molecule has 0 saturated carbocycles. The van der Waals surface area contributed by atoms with Gasteiger partial charge in [-0.3, -0.25) is 24.0 Å². The summed E-state index contributed by atoms with van der Waals surface area (Å²) < 4.78 is 60.2. The molecule has 16 heterocycles. The molecule has 6 aliphatic rings. The van der Waals surface area contributed by atoms with Gasteiger partial charge in [-0.1, -0.05) is 72.8 Å². The lowest BCUT2D eigenvalue weighted by Gasteiger charge is -2.25. The molecule has 15 aromatic rings. The van der Waals surface area contributed by atoms with Crippen molar-refractivity contribution in [1.82, 2.24) is 24.9 Å². The highest BCUT2D eigenvalue weighted by Gasteiger charge is 2.28. The van der Waals surface area contributed by atoms with Crippen LogP contribution in [0.25, 0.3) is 107 Å². The Labute approximate surface area is 715 Å². The normalized spacial score (nSPS) is 15.4. The molecule has 5 saturated heterocycles. The van der Waals surface area contributed by atoms with Crippen LogP contribution in [0.5, 0.6) is 23.0 Å². The van der Waals surface area contributed by atoms with E-state index in [1.807, 2.05) is 143 Å². The maximum Gasteiger partial charge on any atom is 0.301 e. The fourth-order valence-electron chi connectivity index (χ4n) is 15.3. The zero-order valence-corrected chi connectivity index (χ0v) is 71.5. The molecule has 121 heavy (non-hydrogen) atoms. The summed E-state index contributed by atoms with van der Waals surface area (Å²) in [5.74, 6) is 3.03. The maximum absolute atomic E-state index is 12.5. The van der Waals surface area contributed by atoms with E-state index in [0.29, 0.717) is 121 Å². The van der Waals surface area contributed by atoms with E-state index < -0.39 is 0 Å². The molecule has 21 rings (SSSR count). The number of thiophene rings is 5. The van der Waals surface area contributed by atoms with Crippen LogP contribution in [0.2, 0.25) is 0 Å². The molecule has 0 radical (unpaired) electrons. The number of rotatable bonds is 13. The van der Waals surface area contributed by atoms with Gasteiger partial charge in [-0.15, -0.1) is 56.7 Å². The Hall–Kier alpha value is -11.7. The van der Waals surface area contributed by atoms with Crippen molar-refractivity contribution >= 4 is 144 Å². The first-order valence-corrected chi connectivity index (χ1v) is 45.1. The second kappa shape index (κ2) is 37.5. The lowest BCUT2D eigenvalue weighted by Crippen LogP contribution is -2.37. The van der Waals surface area contributed by atoms with Crippen LogP contribution in [0.15, 0.2) is 194 Å². The highest BCUT2D eigenvalue weighted by Crippen LogP contribution is 2.43. The van der Waals surface area contributed by atoms with Gasteiger partial charge in [0.2, 0.25) is 0 Å². The van der Waals surface area contributed by atoms with Gasteiger partial charge in [0.05, 0.1) is 27.4 Å². The average Bonchev–Trinajstić information content (AvgIpc) is 1.70. The zero-order chi connectivity index (χ0) is 82.9. The topological polar surface area (TPSA) is 281 Å². The molecular weight excluding hydrogens is 1640 g/mol. The number of hydrogen-bond donors (Lipinski definition) is 0. The van der Waals surface area contributed by atoms with E-state index in [1.165, 1.54) is 82.4 Å². The van der Waals surface area contributed by atoms with Crippen molar-refractivity contribution in [2.45, 2.75) is 77.0 Å². The summed E-state index contributed by atoms with van der Waals surface area (Å²) in [4.78, 5) is 95.0. The van der Waals surface area contributed by atoms with Crippen LogP contribution in [0, 0.1) is 0 Å². The quantitative estimate of drug-likeness (QED) is 0.104. The van der Waals surface area contributed by atoms with Crippen LogP contribution in [0.1, 0.15) is 77.0 Å². The second-order valence-corrected chi connectivity index (χ2v) is 34.4. The number of methoxy groups -OCH3 is 2. The summed E-state index contributed by atoms with van der Waals surface area (Å²) in [6, 6.07) is 41.7. The Morgan fingerprint density at radius 2 is 0.628 bits per heavy atom. The third kappa shape index (κ3) is 18.2. The van der Waals surface area contributed by atoms with Crippen LogP contribution in [-0.2, 0) is 4.74 Å². The number of benzene rings is 5. The van der Waals surface area contributed by atoms with Crippen molar-refractivity contribution in [2.75, 3.05) is 150 Å². The minimum absolute atomic E-state index is 0.186. The summed E-state index contributed by atoms with van der Waals surface area (Å²) in [6.07, 6.45) is 13.8. The molecule has 5 fully saturated rings. The van der Waals surface area contributed by atoms with Gasteiger partial charge in [-0.2, -0.15) is 24.9 Å². The van der Waals surface area contributed by atoms with Gasteiger partial charge in [-0.25, -0.2) is 0 Å². The van der Waals surface area contributed by atoms with Crippen molar-refractivity contribution in [2.24, 2.45) is 0 Å². The molecule has 10 aromatic heterocycles. The standard InChI is InChI=1S/C19H21N3O2S.C19H18N2O4S.C18H18N2O3S.C17H16N2O4S.C17H16N2O2S/c1-21(2)14-8-6-13(7-9-14)15-12-25-17-16(15)24-19(20-18(17)23)22-10-4-3-5-11-22;22-18-17-16(25-19(20-18)21-6-2-1-3-7-21)13(11-26-17)12-4-5-14-15(10-12)24-9-8-23-14;1-22-13-7-5-6-12(10-13)14-11-24-16-15(14)23-18(19-17(16)21)20-8-3-2-4-9-20;1-21-12-4-2-11(3-5-12)13-10-24-15-14(13)23-17(18-16(15)20)19-6-8-22-9-7-19;20-16-15-14(13(11-22-15)12-7-3-1-4-8-12)21-17(18-16)19-9-5-2-6-10-19/h6-9,12H,3-5,10-11H2,1-2H3;4-5,10-11H,1-3,6-9H2;5-7,10-11H,2-4,8-9H2,1H3;2-5,10H,6-9H2,1H3;1,3-4,7-8,11H,2,5-6,9-10H2. The van der Waals surface area contributed by atoms with Crippen molar-refractivity contribution in [3.63, 3.8) is 0 Å². The Morgan fingerprint density at radius 1 is 0.314 bits per heavy atom. The maximum atomic E-state index is 12.5. The molecule has 26 nitrogen and oxygen atoms in total. The van der Waals surface area contributed by atoms with Crippen LogP contribution in [-0.4, -0.2) is 145 Å². The van der Waals surface area contributed by atoms with Gasteiger partial charge < -0.3 is 75.2 Å². The van der Waals surface area contributed by atoms with E-state index in [-0.39, 0.29) is 27.8 Å². The average molecular weight is 1730 g/mol. The van der Waals surface area contributed by atoms with Gasteiger partial charge in [0, 0.05) is 140 Å². The number of hydrogen-bond acceptors (Lipinski definition) is 31. The first-order chi connectivity index (χ1) is 59.3. The molecular formula is C90H89N11O15S5. The Morgan fingerprint density at radius 3 is 0.992 bits per heavy atom. The first-order valence-electron chi connectivity index (χ1n) is 40.7. The lowest BCUT2D eigenvalue weighted by atomic mass is 10.1. The van der Waals surface area contributed by atoms with Crippen LogP contribution in [0.3, 0.4) is 0 Å². The summed E-state index contributed by atoms with van der Waals surface area (Å²) in [5, 5.41) is 9.80. The molecule has 6 aliphatic heterocycles. The highest BCUT2D eigenvalue weighted by molar-refractivity contribution is 7.19. The van der Waals surface area contributed by atoms with Gasteiger partial charge in [-0.05, 0) is 153 Å². The van der Waals surface area contributed by atoms with E-state index in [9.17, 15) is 24.0 Å². The minimum Gasteiger partial charge on any atom is -0.497 e. The van der Waals surface area contributed by atoms with E-state index in [4.69, 9.17) is 45.8 Å². The minimum atomic E-state index is -0.248. The SMILES string of the molecule is CN(C)c1ccc(-c2csc3c(=O)nc(N4CCCCC4)oc23)cc1.COc1ccc(-c2csc3c(=O)nc(N4CCOCC4)oc23)cc1.COc1cccc(-c2csc3c(=O)nc(N4CCCCC4)oc23)c1.O=c1nc(N2CCCCC2)oc2c(-c3ccc4c(c3)OCCO4)csc12.O=c1nc(N2CCCCC2)oc2c(-c3ccccc3)csc12. The van der Waals surface area contributed by atoms with Gasteiger partial charge in [0.25, 0.3) is 27.8 Å². The molecule has 0 atom stereocenters. The summed E-state index contributed by atoms with van der Waals surface area (Å²) in [5.41, 5.74) is 12.8. The van der Waals surface area contributed by atoms with Gasteiger partial charge in [0.1, 0.15) is 48.2 Å². The molecule has 0 unspecified atom stereocenters. The monoisotopic (exact) mass is 1720 g/mol. The molecule has 624 valence electrons. The fraction of sp³-hybridized carbons (Fsp3) is 0.333. The largest absolute Gasteiger partial charge is 0.497 e. The molecule has 0 bridgehead atoms. The van der Waals surface area contributed by atoms with Gasteiger partial charge >= 0.3 is 30.1 Å². The third-order valence-electron chi connectivity index (χ3n) is 21.9. The predicted octanol–water partition coefficient (Wildman–Crippen LogP) is 18.2. The Balaban J connectivity index is 0.000000108. The van der Waals surface area contributed by atoms with Crippen LogP contribution < -0.4 is 76.1 Å². The zero-order valence-electron chi connectivity index (χ0n) is 67.4. The molecule has 5 aromatic carbocycles. The van der Waals surface area contributed by atoms with Crippen molar-refractivity contribution in [3.8, 4) is 78.6 Å². The Bertz CT molecular complexity index is 6440. The first kappa shape index (κ1) is 81.6. The van der Waals surface area contributed by atoms with E-state index in [0.717, 1.165) is 188 Å². The highest BCUT2D eigenvalue weighted by atomic mass is 32.1. The number of nitrogens with zero attached hydrogens (tertiary/aromatic N) is 11. The number of aromatic nitrogens is 5. The van der Waals surface area contributed by atoms with Crippen molar-refractivity contribution in [3.05, 3.63) is 200 Å². The summed E-state index contributed by atoms with van der Waals surface area (Å²) in [7, 11) is 7.31. The molecule has 31 heteroatoms.